The van der Waals surface area contributed by atoms with Crippen molar-refractivity contribution in [2.45, 2.75) is 565 Å². The predicted molar refractivity (Wildman–Crippen MR) is 685 cm³/mol. The summed E-state index contributed by atoms with van der Waals surface area (Å²) in [6.45, 7) is 123. The summed E-state index contributed by atoms with van der Waals surface area (Å²) < 4.78 is 78.9. The molecular weight excluding hydrogens is 2140 g/mol. The fraction of sp³-hybridized carbons (Fsp3) is 1.00. The molecule has 20 nitrogen and oxygen atoms in total. The molecule has 0 saturated carbocycles. The Balaban J connectivity index is -0.000000921. The zero-order valence-electron chi connectivity index (χ0n) is 107. The maximum absolute atomic E-state index is 10.6. The standard InChI is InChI=1S/C33H72O2Si2.C27H72O8Si8.C23H60O6Si6.C22H54O4Si4/c1-27(2)19-36(20-28(3)4,21-29(5)6)17-13-15-33(25-34,26-35)16-14-18-37(22-30(7)8,23-31(9)10)24-32(11)12;1-36(2,3)30-40(11,12)34-42(15,16)32-38(7,8)23-19-21-27(25-28,26-29)22-20-24-39(9,10)33-43(17,18)35-41(13,14)31-37(4,5)6;1-30(2,3)26-34(11,12)28-32(7,8)19-15-17-23(21-24,22-25)18-16-20-33(9,10)29-35(13,14)27-31(4,5)6;1-11-30(12-2,13-3)19-15-17-22(20-23,21-24)16-14-18-29(10,25-27(4,5)6)26-28(7,8)9/h27-32,34-35H,13-26H2,1-12H3;28-29H,19-26H2,1-18H3;24-25H,15-22H2,1-14H3;23-24H,11-21H2,1-10H3. The fourth-order valence-corrected chi connectivity index (χ4v) is 119. The van der Waals surface area contributed by atoms with Crippen LogP contribution >= 0.6 is 0 Å². The summed E-state index contributed by atoms with van der Waals surface area (Å²) in [4.78, 5) is 0. The molecule has 0 bridgehead atoms. The van der Waals surface area contributed by atoms with Crippen molar-refractivity contribution in [3.63, 3.8) is 0 Å². The molecule has 0 amide bonds. The molecular formula is C105H258O20Si20. The van der Waals surface area contributed by atoms with Crippen LogP contribution in [-0.2, 0) is 49.4 Å². The lowest BCUT2D eigenvalue weighted by Gasteiger charge is -2.41. The lowest BCUT2D eigenvalue weighted by molar-refractivity contribution is 0.0379. The number of hydrogen-bond acceptors (Lipinski definition) is 20. The van der Waals surface area contributed by atoms with Gasteiger partial charge in [0.05, 0.1) is 77.1 Å². The molecule has 0 radical (unpaired) electrons. The first-order valence-corrected chi connectivity index (χ1v) is 119. The molecule has 0 spiro atoms. The highest BCUT2D eigenvalue weighted by Gasteiger charge is 2.50. The van der Waals surface area contributed by atoms with Crippen molar-refractivity contribution in [2.75, 3.05) is 52.9 Å². The average Bonchev–Trinajstić information content (AvgIpc) is 0.814. The Bertz CT molecular complexity index is 3110. The highest BCUT2D eigenvalue weighted by Crippen LogP contribution is 2.46. The van der Waals surface area contributed by atoms with Gasteiger partial charge in [-0.3, -0.25) is 0 Å². The fourth-order valence-electron chi connectivity index (χ4n) is 25.0. The van der Waals surface area contributed by atoms with Crippen LogP contribution < -0.4 is 0 Å². The van der Waals surface area contributed by atoms with Gasteiger partial charge in [0.2, 0.25) is 0 Å². The first-order valence-electron chi connectivity index (χ1n) is 58.1. The Kier molecular flexibility index (Phi) is 70.8. The van der Waals surface area contributed by atoms with Gasteiger partial charge in [-0.25, -0.2) is 0 Å². The highest BCUT2D eigenvalue weighted by molar-refractivity contribution is 6.93. The molecule has 0 saturated heterocycles. The van der Waals surface area contributed by atoms with E-state index in [9.17, 15) is 40.9 Å². The minimum Gasteiger partial charge on any atom is -0.437 e. The molecule has 0 aromatic rings. The van der Waals surface area contributed by atoms with Gasteiger partial charge in [-0.1, -0.05) is 228 Å². The van der Waals surface area contributed by atoms with Gasteiger partial charge in [0.15, 0.2) is 83.2 Å². The Labute approximate surface area is 924 Å². The van der Waals surface area contributed by atoms with Gasteiger partial charge in [-0.15, -0.1) is 0 Å². The maximum Gasteiger partial charge on any atom is 0.314 e. The normalized spacial score (nSPS) is 14.7. The second kappa shape index (κ2) is 66.3. The Morgan fingerprint density at radius 1 is 0.172 bits per heavy atom. The largest absolute Gasteiger partial charge is 0.437 e. The van der Waals surface area contributed by atoms with E-state index in [0.29, 0.717) is 0 Å². The highest BCUT2D eigenvalue weighted by atomic mass is 28.5. The number of aliphatic hydroxyl groups excluding tert-OH is 8. The molecule has 0 aromatic carbocycles. The van der Waals surface area contributed by atoms with Crippen LogP contribution in [-0.4, -0.2) is 261 Å². The summed E-state index contributed by atoms with van der Waals surface area (Å²) in [5.41, 5.74) is -1.56. The van der Waals surface area contributed by atoms with E-state index >= 15 is 0 Å². The number of aliphatic hydroxyl groups is 8. The third-order valence-electron chi connectivity index (χ3n) is 27.8. The van der Waals surface area contributed by atoms with Crippen molar-refractivity contribution in [2.24, 2.45) is 57.2 Å². The van der Waals surface area contributed by atoms with Gasteiger partial charge in [0, 0.05) is 21.7 Å². The van der Waals surface area contributed by atoms with E-state index in [0.717, 1.165) is 156 Å². The summed E-state index contributed by atoms with van der Waals surface area (Å²) in [6, 6.07) is 21.6. The zero-order valence-corrected chi connectivity index (χ0v) is 127. The van der Waals surface area contributed by atoms with Crippen LogP contribution in [0.5, 0.6) is 0 Å². The summed E-state index contributed by atoms with van der Waals surface area (Å²) in [5.74, 6) is 4.61. The van der Waals surface area contributed by atoms with Crippen LogP contribution in [0.4, 0.5) is 0 Å². The molecule has 0 atom stereocenters. The van der Waals surface area contributed by atoms with Crippen molar-refractivity contribution in [3.05, 3.63) is 0 Å². The van der Waals surface area contributed by atoms with Crippen molar-refractivity contribution in [3.8, 4) is 0 Å². The van der Waals surface area contributed by atoms with E-state index in [2.05, 4.69) is 359 Å². The second-order valence-corrected chi connectivity index (χ2v) is 146. The summed E-state index contributed by atoms with van der Waals surface area (Å²) in [6.07, 6.45) is 15.2. The van der Waals surface area contributed by atoms with Gasteiger partial charge >= 0.3 is 59.9 Å². The molecule has 0 aliphatic rings. The number of hydrogen-bond donors (Lipinski definition) is 8. The van der Waals surface area contributed by atoms with Crippen molar-refractivity contribution >= 4 is 167 Å². The van der Waals surface area contributed by atoms with Gasteiger partial charge in [-0.2, -0.15) is 0 Å². The lowest BCUT2D eigenvalue weighted by atomic mass is 9.81. The average molecular weight is 2400 g/mol. The molecule has 8 N–H and O–H groups in total. The minimum atomic E-state index is -2.37. The lowest BCUT2D eigenvalue weighted by Crippen LogP contribution is -2.55. The predicted octanol–water partition coefficient (Wildman–Crippen LogP) is 32.7. The Morgan fingerprint density at radius 2 is 0.310 bits per heavy atom. The summed E-state index contributed by atoms with van der Waals surface area (Å²) in [5, 5.41) is 82.8. The molecule has 40 heteroatoms. The summed E-state index contributed by atoms with van der Waals surface area (Å²) >= 11 is 0. The zero-order chi connectivity index (χ0) is 115. The maximum atomic E-state index is 10.6. The first-order chi connectivity index (χ1) is 64.8. The SMILES string of the molecule is CC(C)C[Si](CCCC(CO)(CO)CCC[Si](CC(C)C)(CC(C)C)CC(C)C)(CC(C)C)CC(C)C.CC[Si](CC)(CC)CCCC(CO)(CO)CCC[Si](C)(O[Si](C)(C)C)O[Si](C)(C)C.C[Si](C)(C)O[Si](C)(C)O[Si](C)(C)CCCC(CO)(CO)CCC[Si](C)(C)O[Si](C)(C)O[Si](C)(C)C.C[Si](C)(C)O[Si](C)(C)O[Si](C)(C)O[Si](C)(C)CCCC(CO)(CO)CCC[Si](C)(C)O[Si](C)(C)O[Si](C)(C)O[Si](C)(C)C. The van der Waals surface area contributed by atoms with Crippen molar-refractivity contribution < 1.29 is 90.2 Å². The Morgan fingerprint density at radius 3 is 0.455 bits per heavy atom. The van der Waals surface area contributed by atoms with E-state index in [4.69, 9.17) is 49.4 Å². The van der Waals surface area contributed by atoms with Crippen LogP contribution in [0.1, 0.15) is 207 Å². The third kappa shape index (κ3) is 76.2. The van der Waals surface area contributed by atoms with Gasteiger partial charge in [0.25, 0.3) is 0 Å². The smallest absolute Gasteiger partial charge is 0.314 e. The number of rotatable bonds is 79. The molecule has 0 fully saturated rings. The molecule has 0 aromatic heterocycles. The van der Waals surface area contributed by atoms with Gasteiger partial charge < -0.3 is 90.2 Å². The van der Waals surface area contributed by atoms with E-state index < -0.39 is 178 Å². The molecule has 0 unspecified atom stereocenters. The molecule has 0 aliphatic heterocycles. The molecule has 0 aliphatic carbocycles. The van der Waals surface area contributed by atoms with E-state index in [1.165, 1.54) is 85.4 Å². The van der Waals surface area contributed by atoms with E-state index in [-0.39, 0.29) is 63.7 Å². The van der Waals surface area contributed by atoms with Crippen LogP contribution in [0.25, 0.3) is 0 Å². The van der Waals surface area contributed by atoms with Crippen LogP contribution in [0.3, 0.4) is 0 Å². The van der Waals surface area contributed by atoms with E-state index in [1.54, 1.807) is 0 Å². The Hall–Kier alpha value is 3.54. The molecule has 145 heavy (non-hydrogen) atoms. The van der Waals surface area contributed by atoms with E-state index in [1.807, 2.05) is 0 Å². The van der Waals surface area contributed by atoms with Crippen molar-refractivity contribution in [1.29, 1.82) is 0 Å². The third-order valence-corrected chi connectivity index (χ3v) is 105. The van der Waals surface area contributed by atoms with Gasteiger partial charge in [-0.05, 0) is 372 Å². The molecule has 878 valence electrons. The minimum absolute atomic E-state index is 0.0104. The topological polar surface area (TPSA) is 273 Å². The summed E-state index contributed by atoms with van der Waals surface area (Å²) in [7, 11) is -37.7. The second-order valence-electron chi connectivity index (χ2n) is 59.7. The van der Waals surface area contributed by atoms with Crippen LogP contribution in [0.2, 0.25) is 358 Å². The van der Waals surface area contributed by atoms with Crippen LogP contribution in [0.15, 0.2) is 0 Å². The quantitative estimate of drug-likeness (QED) is 0.0263. The first kappa shape index (κ1) is 155. The van der Waals surface area contributed by atoms with Crippen molar-refractivity contribution in [1.82, 2.24) is 0 Å². The molecule has 0 rings (SSSR count). The monoisotopic (exact) mass is 2400 g/mol. The van der Waals surface area contributed by atoms with Gasteiger partial charge in [0.1, 0.15) is 0 Å². The molecule has 0 heterocycles. The van der Waals surface area contributed by atoms with Crippen LogP contribution in [0, 0.1) is 57.2 Å².